The number of carboxylic acid groups (broad SMARTS) is 1. The fourth-order valence-corrected chi connectivity index (χ4v) is 6.94. The Kier molecular flexibility index (Phi) is 13.0. The van der Waals surface area contributed by atoms with Gasteiger partial charge >= 0.3 is 5.97 Å². The van der Waals surface area contributed by atoms with E-state index >= 15 is 0 Å². The zero-order valence-electron chi connectivity index (χ0n) is 30.0. The van der Waals surface area contributed by atoms with Crippen LogP contribution in [0.2, 0.25) is 0 Å². The van der Waals surface area contributed by atoms with Crippen LogP contribution in [0.5, 0.6) is 5.75 Å². The largest absolute Gasteiger partial charge is 0.494 e. The number of nitrogens with one attached hydrogen (secondary N) is 2. The van der Waals surface area contributed by atoms with Gasteiger partial charge in [-0.2, -0.15) is 0 Å². The number of ether oxygens (including phenoxy) is 1. The summed E-state index contributed by atoms with van der Waals surface area (Å²) in [6, 6.07) is 17.3. The minimum atomic E-state index is -1.08. The molecule has 1 saturated heterocycles. The summed E-state index contributed by atoms with van der Waals surface area (Å²) in [7, 11) is 0. The Balaban J connectivity index is 1.26. The highest BCUT2D eigenvalue weighted by molar-refractivity contribution is 7.14. The first-order chi connectivity index (χ1) is 24.5. The van der Waals surface area contributed by atoms with Gasteiger partial charge in [-0.3, -0.25) is 9.59 Å². The van der Waals surface area contributed by atoms with Crippen molar-refractivity contribution in [3.05, 3.63) is 88.4 Å². The van der Waals surface area contributed by atoms with Crippen LogP contribution >= 0.6 is 11.3 Å². The molecule has 0 saturated carbocycles. The number of carboxylic acids is 1. The van der Waals surface area contributed by atoms with Gasteiger partial charge < -0.3 is 25.4 Å². The minimum absolute atomic E-state index is 0.118. The molecule has 2 aromatic carbocycles. The van der Waals surface area contributed by atoms with Gasteiger partial charge in [0, 0.05) is 54.5 Å². The van der Waals surface area contributed by atoms with E-state index in [1.165, 1.54) is 41.9 Å². The Morgan fingerprint density at radius 1 is 0.941 bits per heavy atom. The lowest BCUT2D eigenvalue weighted by Crippen LogP contribution is -2.61. The van der Waals surface area contributed by atoms with Crippen molar-refractivity contribution in [2.24, 2.45) is 0 Å². The van der Waals surface area contributed by atoms with Gasteiger partial charge in [-0.05, 0) is 47.2 Å². The first-order valence-corrected chi connectivity index (χ1v) is 18.6. The molecule has 0 bridgehead atoms. The maximum absolute atomic E-state index is 13.9. The van der Waals surface area contributed by atoms with Crippen LogP contribution in [0, 0.1) is 0 Å². The monoisotopic (exact) mass is 711 g/mol. The number of amides is 2. The van der Waals surface area contributed by atoms with E-state index in [2.05, 4.69) is 48.3 Å². The second-order valence-electron chi connectivity index (χ2n) is 14.0. The third kappa shape index (κ3) is 10.2. The number of benzene rings is 2. The number of unbranched alkanes of at least 4 members (excludes halogenated alkanes) is 4. The lowest BCUT2D eigenvalue weighted by Gasteiger charge is -2.36. The number of hydrogen-bond donors (Lipinski definition) is 3. The standard InChI is InChI=1S/C40H49N5O5S/c1-5-6-7-8-9-22-50-31-16-14-28(15-17-31)30-24-42-36(43-25-30)29-12-10-27(11-13-29)23-32(38(47)45-21-20-41-26-33(45)39(48)49)44-37(46)34-18-19-35(51-34)40(2,3)4/h10-19,24-25,32-33,41H,5-9,20-23,26H2,1-4H3,(H,44,46)(H,48,49). The topological polar surface area (TPSA) is 134 Å². The predicted octanol–water partition coefficient (Wildman–Crippen LogP) is 6.74. The molecule has 2 aromatic heterocycles. The Morgan fingerprint density at radius 3 is 2.27 bits per heavy atom. The van der Waals surface area contributed by atoms with E-state index < -0.39 is 24.0 Å². The van der Waals surface area contributed by atoms with Crippen molar-refractivity contribution in [1.29, 1.82) is 0 Å². The number of piperazine rings is 1. The van der Waals surface area contributed by atoms with Crippen LogP contribution in [0.4, 0.5) is 0 Å². The fraction of sp³-hybridized carbons (Fsp3) is 0.425. The molecule has 11 heteroatoms. The van der Waals surface area contributed by atoms with Crippen LogP contribution in [0.15, 0.2) is 73.1 Å². The van der Waals surface area contributed by atoms with E-state index in [0.29, 0.717) is 17.2 Å². The lowest BCUT2D eigenvalue weighted by atomic mass is 9.95. The second-order valence-corrected chi connectivity index (χ2v) is 15.1. The molecular weight excluding hydrogens is 663 g/mol. The average molecular weight is 712 g/mol. The number of carbonyl (C=O) groups is 3. The Morgan fingerprint density at radius 2 is 1.63 bits per heavy atom. The molecule has 2 unspecified atom stereocenters. The van der Waals surface area contributed by atoms with Gasteiger partial charge in [-0.25, -0.2) is 14.8 Å². The van der Waals surface area contributed by atoms with Gasteiger partial charge in [-0.15, -0.1) is 11.3 Å². The van der Waals surface area contributed by atoms with Crippen molar-refractivity contribution in [2.45, 2.75) is 83.7 Å². The summed E-state index contributed by atoms with van der Waals surface area (Å²) in [6.07, 6.45) is 9.80. The van der Waals surface area contributed by atoms with Gasteiger partial charge in [0.25, 0.3) is 5.91 Å². The quantitative estimate of drug-likeness (QED) is 0.116. The Labute approximate surface area is 304 Å². The van der Waals surface area contributed by atoms with Crippen LogP contribution in [0.3, 0.4) is 0 Å². The zero-order chi connectivity index (χ0) is 36.4. The van der Waals surface area contributed by atoms with Crippen LogP contribution in [-0.2, 0) is 21.4 Å². The summed E-state index contributed by atoms with van der Waals surface area (Å²) in [6.45, 7) is 10.0. The highest BCUT2D eigenvalue weighted by Crippen LogP contribution is 2.30. The van der Waals surface area contributed by atoms with E-state index in [0.717, 1.165) is 45.9 Å². The van der Waals surface area contributed by atoms with E-state index in [1.54, 1.807) is 18.5 Å². The predicted molar refractivity (Wildman–Crippen MR) is 201 cm³/mol. The van der Waals surface area contributed by atoms with E-state index in [9.17, 15) is 19.5 Å². The highest BCUT2D eigenvalue weighted by Gasteiger charge is 2.36. The highest BCUT2D eigenvalue weighted by atomic mass is 32.1. The molecule has 2 atom stereocenters. The summed E-state index contributed by atoms with van der Waals surface area (Å²) in [4.78, 5) is 51.5. The van der Waals surface area contributed by atoms with Crippen molar-refractivity contribution in [3.8, 4) is 28.3 Å². The van der Waals surface area contributed by atoms with Gasteiger partial charge in [-0.1, -0.05) is 89.8 Å². The molecule has 2 amide bonds. The molecule has 0 spiro atoms. The molecule has 3 heterocycles. The average Bonchev–Trinajstić information content (AvgIpc) is 3.65. The van der Waals surface area contributed by atoms with Gasteiger partial charge in [0.2, 0.25) is 5.91 Å². The van der Waals surface area contributed by atoms with Crippen LogP contribution in [0.25, 0.3) is 22.5 Å². The first-order valence-electron chi connectivity index (χ1n) is 17.8. The molecule has 1 aliphatic rings. The number of aromatic nitrogens is 2. The number of aliphatic carboxylic acids is 1. The van der Waals surface area contributed by atoms with Crippen molar-refractivity contribution >= 4 is 29.1 Å². The molecule has 0 radical (unpaired) electrons. The minimum Gasteiger partial charge on any atom is -0.494 e. The molecule has 5 rings (SSSR count). The van der Waals surface area contributed by atoms with Crippen molar-refractivity contribution in [3.63, 3.8) is 0 Å². The number of nitrogens with zero attached hydrogens (tertiary/aromatic N) is 3. The first kappa shape index (κ1) is 37.6. The van der Waals surface area contributed by atoms with Crippen molar-refractivity contribution in [1.82, 2.24) is 25.5 Å². The molecule has 10 nitrogen and oxygen atoms in total. The number of thiophene rings is 1. The smallest absolute Gasteiger partial charge is 0.327 e. The molecule has 51 heavy (non-hydrogen) atoms. The van der Waals surface area contributed by atoms with Gasteiger partial charge in [0.1, 0.15) is 17.8 Å². The summed E-state index contributed by atoms with van der Waals surface area (Å²) >= 11 is 1.39. The fourth-order valence-electron chi connectivity index (χ4n) is 5.97. The van der Waals surface area contributed by atoms with Crippen molar-refractivity contribution in [2.75, 3.05) is 26.2 Å². The number of hydrogen-bond acceptors (Lipinski definition) is 8. The summed E-state index contributed by atoms with van der Waals surface area (Å²) in [5.74, 6) is -0.452. The Bertz CT molecular complexity index is 1750. The zero-order valence-corrected chi connectivity index (χ0v) is 30.8. The molecule has 4 aromatic rings. The molecule has 3 N–H and O–H groups in total. The van der Waals surface area contributed by atoms with Crippen molar-refractivity contribution < 1.29 is 24.2 Å². The normalized spacial score (nSPS) is 15.3. The molecular formula is C40H49N5O5S. The van der Waals surface area contributed by atoms with E-state index in [1.807, 2.05) is 54.6 Å². The number of rotatable bonds is 15. The van der Waals surface area contributed by atoms with Crippen LogP contribution in [0.1, 0.15) is 79.9 Å². The summed E-state index contributed by atoms with van der Waals surface area (Å²) < 4.78 is 5.90. The maximum Gasteiger partial charge on any atom is 0.327 e. The van der Waals surface area contributed by atoms with Gasteiger partial charge in [0.15, 0.2) is 5.82 Å². The van der Waals surface area contributed by atoms with E-state index in [4.69, 9.17) is 4.74 Å². The number of carbonyl (C=O) groups excluding carboxylic acids is 2. The maximum atomic E-state index is 13.9. The lowest BCUT2D eigenvalue weighted by molar-refractivity contribution is -0.152. The third-order valence-corrected chi connectivity index (χ3v) is 10.5. The molecule has 270 valence electrons. The third-order valence-electron chi connectivity index (χ3n) is 8.99. The SMILES string of the molecule is CCCCCCCOc1ccc(-c2cnc(-c3ccc(CC(NC(=O)c4ccc(C(C)(C)C)s4)C(=O)N4CCNCC4C(=O)O)cc3)nc2)cc1. The molecule has 1 fully saturated rings. The second kappa shape index (κ2) is 17.5. The summed E-state index contributed by atoms with van der Waals surface area (Å²) in [5, 5.41) is 15.8. The summed E-state index contributed by atoms with van der Waals surface area (Å²) in [5.41, 5.74) is 3.39. The molecule has 0 aliphatic carbocycles. The molecule has 1 aliphatic heterocycles. The van der Waals surface area contributed by atoms with Gasteiger partial charge in [0.05, 0.1) is 11.5 Å². The van der Waals surface area contributed by atoms with Crippen LogP contribution < -0.4 is 15.4 Å². The van der Waals surface area contributed by atoms with Crippen LogP contribution in [-0.4, -0.2) is 76.1 Å². The van der Waals surface area contributed by atoms with E-state index in [-0.39, 0.29) is 30.8 Å². The Hall–Kier alpha value is -4.61.